The Morgan fingerprint density at radius 2 is 0.676 bits per heavy atom. The Hall–Kier alpha value is 1.26. The van der Waals surface area contributed by atoms with Crippen LogP contribution in [0.4, 0.5) is 0 Å². The zero-order chi connectivity index (χ0) is 24.9. The average Bonchev–Trinajstić information content (AvgIpc) is 3.44. The van der Waals surface area contributed by atoms with E-state index in [0.29, 0.717) is 0 Å². The molecule has 0 saturated heterocycles. The summed E-state index contributed by atoms with van der Waals surface area (Å²) in [7, 11) is 0. The molecule has 0 fully saturated rings. The Labute approximate surface area is 229 Å². The predicted molar refractivity (Wildman–Crippen MR) is 169 cm³/mol. The zero-order valence-corrected chi connectivity index (χ0v) is 31.0. The third-order valence-corrected chi connectivity index (χ3v) is 47.0. The molecule has 0 N–H and O–H groups in total. The second kappa shape index (κ2) is 17.0. The van der Waals surface area contributed by atoms with Crippen LogP contribution in [-0.4, -0.2) is 36.8 Å². The minimum absolute atomic E-state index is 1.38. The van der Waals surface area contributed by atoms with Crippen molar-refractivity contribution < 1.29 is 0 Å². The molecule has 0 aliphatic heterocycles. The van der Waals surface area contributed by atoms with E-state index < -0.39 is 36.8 Å². The summed E-state index contributed by atoms with van der Waals surface area (Å²) in [5.41, 5.74) is 0. The number of hydrogen-bond donors (Lipinski definition) is 0. The van der Waals surface area contributed by atoms with Crippen molar-refractivity contribution >= 4 is 74.6 Å². The van der Waals surface area contributed by atoms with Gasteiger partial charge < -0.3 is 0 Å². The van der Waals surface area contributed by atoms with Crippen molar-refractivity contribution in [2.45, 2.75) is 145 Å². The van der Waals surface area contributed by atoms with E-state index in [-0.39, 0.29) is 0 Å². The van der Waals surface area contributed by atoms with Crippen LogP contribution in [0, 0.1) is 0 Å². The van der Waals surface area contributed by atoms with Crippen LogP contribution in [-0.2, 0) is 0 Å². The molecule has 0 radical (unpaired) electrons. The van der Waals surface area contributed by atoms with E-state index in [1.54, 1.807) is 36.0 Å². The maximum absolute atomic E-state index is 2.79. The van der Waals surface area contributed by atoms with E-state index >= 15 is 0 Å². The average molecular weight is 718 g/mol. The first-order chi connectivity index (χ1) is 16.5. The normalized spacial score (nSPS) is 12.8. The van der Waals surface area contributed by atoms with Crippen LogP contribution in [0.5, 0.6) is 0 Å². The van der Waals surface area contributed by atoms with E-state index in [1.807, 2.05) is 5.79 Å². The molecule has 2 aromatic rings. The van der Waals surface area contributed by atoms with Crippen LogP contribution in [0.25, 0.3) is 9.40 Å². The third-order valence-electron chi connectivity index (χ3n) is 8.31. The van der Waals surface area contributed by atoms with Crippen LogP contribution in [0.15, 0.2) is 12.1 Å². The van der Waals surface area contributed by atoms with E-state index in [2.05, 4.69) is 76.3 Å². The molecule has 2 heterocycles. The van der Waals surface area contributed by atoms with Crippen molar-refractivity contribution in [1.29, 1.82) is 0 Å². The number of fused-ring (bicyclic) bond motifs is 1. The van der Waals surface area contributed by atoms with E-state index in [0.717, 1.165) is 0 Å². The van der Waals surface area contributed by atoms with Gasteiger partial charge in [0.15, 0.2) is 0 Å². The molecule has 34 heavy (non-hydrogen) atoms. The fourth-order valence-electron chi connectivity index (χ4n) is 5.94. The van der Waals surface area contributed by atoms with Gasteiger partial charge >= 0.3 is 232 Å². The molecule has 0 aliphatic carbocycles. The summed E-state index contributed by atoms with van der Waals surface area (Å²) < 4.78 is 17.0. The summed E-state index contributed by atoms with van der Waals surface area (Å²) in [5.74, 6) is 0. The Morgan fingerprint density at radius 1 is 0.441 bits per heavy atom. The van der Waals surface area contributed by atoms with Gasteiger partial charge in [0.2, 0.25) is 0 Å². The Balaban J connectivity index is 2.47. The van der Waals surface area contributed by atoms with Gasteiger partial charge in [0.25, 0.3) is 0 Å². The van der Waals surface area contributed by atoms with E-state index in [1.165, 1.54) is 77.0 Å². The SMILES string of the molecule is CCC[CH2][Sn]([CH2]CCC)([CH2]CCC)[c]1cc2s[c]([Sn]([CH2]CCC)([CH2]CCC)[CH2]CCC)cc2s1. The standard InChI is InChI=1S/C6H2S2.6C4H9.2Sn/c1-3-7-6-2-4-8-5(1)6;6*1-3-4-2;;/h1-2H;6*1,3-4H2,2H3;;. The molecule has 0 aromatic carbocycles. The van der Waals surface area contributed by atoms with Gasteiger partial charge in [-0.25, -0.2) is 0 Å². The molecule has 0 atom stereocenters. The monoisotopic (exact) mass is 720 g/mol. The number of rotatable bonds is 20. The van der Waals surface area contributed by atoms with Crippen molar-refractivity contribution in [3.8, 4) is 0 Å². The zero-order valence-electron chi connectivity index (χ0n) is 23.7. The molecule has 0 saturated carbocycles. The number of thiophene rings is 2. The molecule has 0 spiro atoms. The van der Waals surface area contributed by atoms with Crippen molar-refractivity contribution in [2.75, 3.05) is 0 Å². The van der Waals surface area contributed by atoms with Crippen molar-refractivity contribution in [3.05, 3.63) is 12.1 Å². The van der Waals surface area contributed by atoms with Crippen LogP contribution >= 0.6 is 22.7 Å². The molecule has 0 nitrogen and oxygen atoms in total. The van der Waals surface area contributed by atoms with Gasteiger partial charge in [-0.3, -0.25) is 0 Å². The Morgan fingerprint density at radius 3 is 0.882 bits per heavy atom. The fourth-order valence-corrected chi connectivity index (χ4v) is 47.3. The second-order valence-electron chi connectivity index (χ2n) is 11.1. The molecule has 0 unspecified atom stereocenters. The quantitative estimate of drug-likeness (QED) is 0.120. The third kappa shape index (κ3) is 8.65. The van der Waals surface area contributed by atoms with Gasteiger partial charge in [-0.1, -0.05) is 0 Å². The van der Waals surface area contributed by atoms with Gasteiger partial charge in [-0.15, -0.1) is 0 Å². The molecule has 2 aromatic heterocycles. The van der Waals surface area contributed by atoms with Crippen LogP contribution in [0.1, 0.15) is 119 Å². The van der Waals surface area contributed by atoms with Crippen molar-refractivity contribution in [1.82, 2.24) is 0 Å². The van der Waals surface area contributed by atoms with Crippen LogP contribution < -0.4 is 5.79 Å². The van der Waals surface area contributed by atoms with Crippen molar-refractivity contribution in [3.63, 3.8) is 0 Å². The summed E-state index contributed by atoms with van der Waals surface area (Å²) in [4.78, 5) is 0. The summed E-state index contributed by atoms with van der Waals surface area (Å²) in [6.07, 6.45) is 17.1. The van der Waals surface area contributed by atoms with Crippen LogP contribution in [0.2, 0.25) is 26.6 Å². The molecule has 2 rings (SSSR count). The Kier molecular flexibility index (Phi) is 15.7. The van der Waals surface area contributed by atoms with Gasteiger partial charge in [0.1, 0.15) is 0 Å². The maximum atomic E-state index is 2.79. The predicted octanol–water partition coefficient (Wildman–Crippen LogP) is 11.1. The van der Waals surface area contributed by atoms with Crippen LogP contribution in [0.3, 0.4) is 0 Å². The topological polar surface area (TPSA) is 0 Å². The van der Waals surface area contributed by atoms with Gasteiger partial charge in [-0.05, 0) is 0 Å². The first-order valence-electron chi connectivity index (χ1n) is 15.1. The minimum atomic E-state index is -2.29. The summed E-state index contributed by atoms with van der Waals surface area (Å²) >= 11 is 0.0205. The van der Waals surface area contributed by atoms with Crippen molar-refractivity contribution in [2.24, 2.45) is 0 Å². The number of unbranched alkanes of at least 4 members (excludes halogenated alkanes) is 6. The van der Waals surface area contributed by atoms with Gasteiger partial charge in [-0.2, -0.15) is 0 Å². The van der Waals surface area contributed by atoms with E-state index in [4.69, 9.17) is 0 Å². The molecule has 0 amide bonds. The molecule has 0 bridgehead atoms. The summed E-state index contributed by atoms with van der Waals surface area (Å²) in [6, 6.07) is 5.59. The first-order valence-corrected chi connectivity index (χ1v) is 31.7. The fraction of sp³-hybridized carbons (Fsp3) is 0.800. The molecular formula is C30H56S2Sn2. The molecule has 4 heteroatoms. The molecular weight excluding hydrogens is 662 g/mol. The Bertz CT molecular complexity index is 654. The molecule has 0 aliphatic rings. The number of hydrogen-bond acceptors (Lipinski definition) is 2. The van der Waals surface area contributed by atoms with Gasteiger partial charge in [0.05, 0.1) is 0 Å². The summed E-state index contributed by atoms with van der Waals surface area (Å²) in [6.45, 7) is 14.4. The molecule has 196 valence electrons. The summed E-state index contributed by atoms with van der Waals surface area (Å²) in [5, 5.41) is 0. The van der Waals surface area contributed by atoms with E-state index in [9.17, 15) is 0 Å². The van der Waals surface area contributed by atoms with Gasteiger partial charge in [0, 0.05) is 0 Å². The first kappa shape index (κ1) is 31.5. The second-order valence-corrected chi connectivity index (χ2v) is 41.6.